The van der Waals surface area contributed by atoms with Crippen molar-refractivity contribution in [1.82, 2.24) is 4.57 Å². The van der Waals surface area contributed by atoms with Gasteiger partial charge in [0.1, 0.15) is 5.82 Å². The second-order valence-corrected chi connectivity index (χ2v) is 9.22. The van der Waals surface area contributed by atoms with Crippen LogP contribution >= 0.6 is 0 Å². The van der Waals surface area contributed by atoms with Crippen LogP contribution < -0.4 is 11.5 Å². The zero-order valence-corrected chi connectivity index (χ0v) is 18.4. The van der Waals surface area contributed by atoms with E-state index in [1.807, 2.05) is 13.8 Å². The van der Waals surface area contributed by atoms with Gasteiger partial charge >= 0.3 is 0 Å². The quantitative estimate of drug-likeness (QED) is 0.575. The molecule has 32 heavy (non-hydrogen) atoms. The van der Waals surface area contributed by atoms with E-state index in [0.717, 1.165) is 35.4 Å². The molecule has 168 valence electrons. The number of primary amides is 1. The van der Waals surface area contributed by atoms with Gasteiger partial charge in [0.2, 0.25) is 5.91 Å². The van der Waals surface area contributed by atoms with E-state index < -0.39 is 11.7 Å². The molecule has 1 fully saturated rings. The third-order valence-electron chi connectivity index (χ3n) is 5.99. The fourth-order valence-corrected chi connectivity index (χ4v) is 4.55. The molecule has 0 saturated carbocycles. The van der Waals surface area contributed by atoms with Crippen LogP contribution in [0, 0.1) is 11.2 Å². The smallest absolute Gasteiger partial charge is 0.250 e. The van der Waals surface area contributed by atoms with Crippen molar-refractivity contribution in [1.29, 1.82) is 0 Å². The zero-order valence-electron chi connectivity index (χ0n) is 18.4. The number of nitrogens with zero attached hydrogens (tertiary/aromatic N) is 1. The Morgan fingerprint density at radius 3 is 2.41 bits per heavy atom. The van der Waals surface area contributed by atoms with Gasteiger partial charge in [-0.1, -0.05) is 19.9 Å². The zero-order chi connectivity index (χ0) is 23.0. The molecule has 2 aliphatic rings. The van der Waals surface area contributed by atoms with Crippen molar-refractivity contribution in [3.05, 3.63) is 53.5 Å². The van der Waals surface area contributed by atoms with Gasteiger partial charge in [-0.05, 0) is 60.6 Å². The van der Waals surface area contributed by atoms with Gasteiger partial charge in [0.15, 0.2) is 0 Å². The Hall–Kier alpha value is -3.19. The number of hydrogen-bond donors (Lipinski definition) is 2. The Kier molecular flexibility index (Phi) is 5.77. The molecule has 0 aliphatic carbocycles. The van der Waals surface area contributed by atoms with Crippen molar-refractivity contribution in [3.63, 3.8) is 0 Å². The summed E-state index contributed by atoms with van der Waals surface area (Å²) in [7, 11) is 0. The summed E-state index contributed by atoms with van der Waals surface area (Å²) < 4.78 is 20.5. The first-order valence-corrected chi connectivity index (χ1v) is 10.8. The molecule has 1 aromatic heterocycles. The molecule has 7 heteroatoms. The van der Waals surface area contributed by atoms with Gasteiger partial charge in [0.25, 0.3) is 5.91 Å². The summed E-state index contributed by atoms with van der Waals surface area (Å²) in [5, 5.41) is 0.781. The summed E-state index contributed by atoms with van der Waals surface area (Å²) in [6.45, 7) is 6.09. The first-order chi connectivity index (χ1) is 15.2. The van der Waals surface area contributed by atoms with Crippen LogP contribution in [0.1, 0.15) is 54.0 Å². The van der Waals surface area contributed by atoms with Gasteiger partial charge in [-0.2, -0.15) is 0 Å². The van der Waals surface area contributed by atoms with E-state index in [1.54, 1.807) is 28.8 Å². The minimum Gasteiger partial charge on any atom is -0.398 e. The minimum atomic E-state index is -0.596. The molecule has 0 atom stereocenters. The maximum atomic E-state index is 13.9. The normalized spacial score (nSPS) is 17.0. The van der Waals surface area contributed by atoms with Crippen molar-refractivity contribution < 1.29 is 18.7 Å². The Balaban J connectivity index is 0.000000433. The fraction of sp³-hybridized carbons (Fsp3) is 0.360. The van der Waals surface area contributed by atoms with E-state index in [4.69, 9.17) is 16.2 Å². The number of halogens is 1. The van der Waals surface area contributed by atoms with Crippen LogP contribution in [0.5, 0.6) is 0 Å². The standard InChI is InChI=1S/C21H20FN3O2.C4H8O/c1-21(2)9-17-19(11-3-5-13(20(24)27)15(23)7-11)14-6-4-12(22)8-16(14)25(17)18(26)10-21;1-2-4-5-3-1/h3-8H,9-10,23H2,1-2H3,(H2,24,27);1-4H2. The Morgan fingerprint density at radius 1 is 1.09 bits per heavy atom. The maximum absolute atomic E-state index is 13.9. The highest BCUT2D eigenvalue weighted by molar-refractivity contribution is 6.06. The summed E-state index contributed by atoms with van der Waals surface area (Å²) >= 11 is 0. The van der Waals surface area contributed by atoms with Crippen LogP contribution in [0.2, 0.25) is 0 Å². The number of amides is 1. The van der Waals surface area contributed by atoms with Crippen LogP contribution in [0.25, 0.3) is 22.0 Å². The van der Waals surface area contributed by atoms with Gasteiger partial charge in [-0.25, -0.2) is 4.39 Å². The predicted octanol–water partition coefficient (Wildman–Crippen LogP) is 4.54. The van der Waals surface area contributed by atoms with Crippen LogP contribution in [0.4, 0.5) is 10.1 Å². The van der Waals surface area contributed by atoms with Crippen molar-refractivity contribution in [2.24, 2.45) is 11.1 Å². The molecular formula is C25H28FN3O3. The van der Waals surface area contributed by atoms with E-state index in [-0.39, 0.29) is 22.6 Å². The highest BCUT2D eigenvalue weighted by Crippen LogP contribution is 2.43. The molecule has 0 radical (unpaired) electrons. The Morgan fingerprint density at radius 2 is 1.81 bits per heavy atom. The monoisotopic (exact) mass is 437 g/mol. The molecule has 2 aliphatic heterocycles. The number of benzene rings is 2. The summed E-state index contributed by atoms with van der Waals surface area (Å²) in [6.07, 6.45) is 3.62. The van der Waals surface area contributed by atoms with E-state index in [2.05, 4.69) is 0 Å². The highest BCUT2D eigenvalue weighted by atomic mass is 19.1. The molecular weight excluding hydrogens is 409 g/mol. The van der Waals surface area contributed by atoms with Crippen LogP contribution in [0.15, 0.2) is 36.4 Å². The molecule has 6 nitrogen and oxygen atoms in total. The van der Waals surface area contributed by atoms with Crippen molar-refractivity contribution in [3.8, 4) is 11.1 Å². The molecule has 1 amide bonds. The number of nitrogens with two attached hydrogens (primary N) is 2. The molecule has 1 saturated heterocycles. The molecule has 2 aromatic carbocycles. The summed E-state index contributed by atoms with van der Waals surface area (Å²) in [5.74, 6) is -1.04. The number of aromatic nitrogens is 1. The van der Waals surface area contributed by atoms with Crippen molar-refractivity contribution in [2.45, 2.75) is 39.5 Å². The number of hydrogen-bond acceptors (Lipinski definition) is 4. The molecule has 0 spiro atoms. The lowest BCUT2D eigenvalue weighted by Crippen LogP contribution is -2.31. The number of fused-ring (bicyclic) bond motifs is 3. The van der Waals surface area contributed by atoms with E-state index in [9.17, 15) is 14.0 Å². The van der Waals surface area contributed by atoms with E-state index in [1.165, 1.54) is 25.0 Å². The molecule has 3 heterocycles. The van der Waals surface area contributed by atoms with Gasteiger partial charge < -0.3 is 16.2 Å². The molecule has 4 N–H and O–H groups in total. The lowest BCUT2D eigenvalue weighted by Gasteiger charge is -2.30. The van der Waals surface area contributed by atoms with Crippen LogP contribution in [0.3, 0.4) is 0 Å². The number of rotatable bonds is 2. The SMILES string of the molecule is C1CCOC1.CC1(C)CC(=O)n2c(c(-c3ccc(C(N)=O)c(N)c3)c3ccc(F)cc32)C1. The van der Waals surface area contributed by atoms with Gasteiger partial charge in [-0.15, -0.1) is 0 Å². The Labute approximate surface area is 186 Å². The number of anilines is 1. The fourth-order valence-electron chi connectivity index (χ4n) is 4.55. The van der Waals surface area contributed by atoms with Gasteiger partial charge in [-0.3, -0.25) is 14.2 Å². The third-order valence-corrected chi connectivity index (χ3v) is 5.99. The van der Waals surface area contributed by atoms with Gasteiger partial charge in [0.05, 0.1) is 11.1 Å². The Bertz CT molecular complexity index is 1200. The molecule has 3 aromatic rings. The summed E-state index contributed by atoms with van der Waals surface area (Å²) in [6, 6.07) is 9.49. The average Bonchev–Trinajstić information content (AvgIpc) is 3.36. The van der Waals surface area contributed by atoms with Crippen LogP contribution in [-0.4, -0.2) is 29.6 Å². The largest absolute Gasteiger partial charge is 0.398 e. The molecule has 0 unspecified atom stereocenters. The van der Waals surface area contributed by atoms with E-state index >= 15 is 0 Å². The first kappa shape index (κ1) is 22.0. The lowest BCUT2D eigenvalue weighted by atomic mass is 9.80. The number of carbonyl (C=O) groups is 2. The lowest BCUT2D eigenvalue weighted by molar-refractivity contribution is 0.0816. The van der Waals surface area contributed by atoms with Crippen molar-refractivity contribution >= 4 is 28.4 Å². The highest BCUT2D eigenvalue weighted by Gasteiger charge is 2.35. The van der Waals surface area contributed by atoms with E-state index in [0.29, 0.717) is 18.4 Å². The topological polar surface area (TPSA) is 100 Å². The minimum absolute atomic E-state index is 0.0511. The molecule has 0 bridgehead atoms. The van der Waals surface area contributed by atoms with Gasteiger partial charge in [0, 0.05) is 42.0 Å². The van der Waals surface area contributed by atoms with Crippen molar-refractivity contribution in [2.75, 3.05) is 18.9 Å². The summed E-state index contributed by atoms with van der Waals surface area (Å²) in [4.78, 5) is 24.3. The third kappa shape index (κ3) is 4.12. The predicted molar refractivity (Wildman–Crippen MR) is 123 cm³/mol. The second kappa shape index (κ2) is 8.39. The molecule has 5 rings (SSSR count). The first-order valence-electron chi connectivity index (χ1n) is 10.8. The number of nitrogen functional groups attached to an aromatic ring is 1. The van der Waals surface area contributed by atoms with Crippen LogP contribution in [-0.2, 0) is 11.2 Å². The number of ether oxygens (including phenoxy) is 1. The summed E-state index contributed by atoms with van der Waals surface area (Å²) in [5.41, 5.74) is 14.7. The maximum Gasteiger partial charge on any atom is 0.250 e. The number of carbonyl (C=O) groups excluding carboxylic acids is 2. The second-order valence-electron chi connectivity index (χ2n) is 9.22. The average molecular weight is 438 g/mol.